The molecule has 0 saturated heterocycles. The smallest absolute Gasteiger partial charge is 0.411 e. The first-order valence-corrected chi connectivity index (χ1v) is 4.87. The SMILES string of the molecule is CCOC(=O)Nc1ccc(OC)c(OC)c1. The Balaban J connectivity index is 2.78. The highest BCUT2D eigenvalue weighted by Gasteiger charge is 2.07. The molecule has 88 valence electrons. The van der Waals surface area contributed by atoms with Crippen LogP contribution in [-0.4, -0.2) is 26.9 Å². The molecule has 5 heteroatoms. The molecule has 0 fully saturated rings. The van der Waals surface area contributed by atoms with E-state index in [0.717, 1.165) is 0 Å². The van der Waals surface area contributed by atoms with E-state index >= 15 is 0 Å². The number of carbonyl (C=O) groups excluding carboxylic acids is 1. The van der Waals surface area contributed by atoms with Gasteiger partial charge in [0.25, 0.3) is 0 Å². The molecular weight excluding hydrogens is 210 g/mol. The molecule has 1 amide bonds. The summed E-state index contributed by atoms with van der Waals surface area (Å²) in [5.41, 5.74) is 0.594. The van der Waals surface area contributed by atoms with Crippen LogP contribution in [0.2, 0.25) is 0 Å². The van der Waals surface area contributed by atoms with Gasteiger partial charge in [-0.1, -0.05) is 0 Å². The number of benzene rings is 1. The number of amides is 1. The molecule has 0 unspecified atom stereocenters. The van der Waals surface area contributed by atoms with Crippen molar-refractivity contribution in [3.8, 4) is 11.5 Å². The fourth-order valence-corrected chi connectivity index (χ4v) is 1.20. The Morgan fingerprint density at radius 1 is 1.25 bits per heavy atom. The highest BCUT2D eigenvalue weighted by Crippen LogP contribution is 2.29. The van der Waals surface area contributed by atoms with E-state index in [2.05, 4.69) is 5.32 Å². The maximum absolute atomic E-state index is 11.2. The van der Waals surface area contributed by atoms with Crippen LogP contribution in [0.15, 0.2) is 18.2 Å². The molecule has 0 aliphatic rings. The van der Waals surface area contributed by atoms with E-state index in [0.29, 0.717) is 23.8 Å². The molecule has 0 atom stereocenters. The molecule has 16 heavy (non-hydrogen) atoms. The number of carbonyl (C=O) groups is 1. The maximum Gasteiger partial charge on any atom is 0.411 e. The number of rotatable bonds is 4. The lowest BCUT2D eigenvalue weighted by Crippen LogP contribution is -2.13. The van der Waals surface area contributed by atoms with Gasteiger partial charge in [-0.3, -0.25) is 5.32 Å². The van der Waals surface area contributed by atoms with E-state index < -0.39 is 6.09 Å². The Labute approximate surface area is 94.3 Å². The number of ether oxygens (including phenoxy) is 3. The van der Waals surface area contributed by atoms with Crippen molar-refractivity contribution in [3.63, 3.8) is 0 Å². The zero-order chi connectivity index (χ0) is 12.0. The van der Waals surface area contributed by atoms with Crippen LogP contribution in [0.3, 0.4) is 0 Å². The number of nitrogens with one attached hydrogen (secondary N) is 1. The predicted octanol–water partition coefficient (Wildman–Crippen LogP) is 2.27. The van der Waals surface area contributed by atoms with Gasteiger partial charge in [-0.25, -0.2) is 4.79 Å². The van der Waals surface area contributed by atoms with Crippen molar-refractivity contribution in [3.05, 3.63) is 18.2 Å². The summed E-state index contributed by atoms with van der Waals surface area (Å²) in [4.78, 5) is 11.2. The summed E-state index contributed by atoms with van der Waals surface area (Å²) in [5.74, 6) is 1.16. The second-order valence-corrected chi connectivity index (χ2v) is 2.92. The summed E-state index contributed by atoms with van der Waals surface area (Å²) < 4.78 is 14.9. The van der Waals surface area contributed by atoms with Gasteiger partial charge in [0.15, 0.2) is 11.5 Å². The molecule has 1 aromatic rings. The molecule has 1 N–H and O–H groups in total. The molecule has 0 aliphatic carbocycles. The normalized spacial score (nSPS) is 9.44. The summed E-state index contributed by atoms with van der Waals surface area (Å²) in [6.07, 6.45) is -0.491. The highest BCUT2D eigenvalue weighted by atomic mass is 16.5. The van der Waals surface area contributed by atoms with Gasteiger partial charge >= 0.3 is 6.09 Å². The van der Waals surface area contributed by atoms with Gasteiger partial charge in [-0.05, 0) is 19.1 Å². The summed E-state index contributed by atoms with van der Waals surface area (Å²) in [7, 11) is 3.09. The van der Waals surface area contributed by atoms with Crippen LogP contribution in [0.4, 0.5) is 10.5 Å². The van der Waals surface area contributed by atoms with Crippen molar-refractivity contribution >= 4 is 11.8 Å². The van der Waals surface area contributed by atoms with Crippen LogP contribution in [0.1, 0.15) is 6.92 Å². The van der Waals surface area contributed by atoms with Crippen LogP contribution < -0.4 is 14.8 Å². The van der Waals surface area contributed by atoms with Crippen LogP contribution in [0, 0.1) is 0 Å². The molecule has 5 nitrogen and oxygen atoms in total. The van der Waals surface area contributed by atoms with Crippen molar-refractivity contribution in [2.45, 2.75) is 6.92 Å². The monoisotopic (exact) mass is 225 g/mol. The Morgan fingerprint density at radius 3 is 2.50 bits per heavy atom. The zero-order valence-electron chi connectivity index (χ0n) is 9.57. The minimum atomic E-state index is -0.491. The lowest BCUT2D eigenvalue weighted by molar-refractivity contribution is 0.168. The van der Waals surface area contributed by atoms with E-state index in [9.17, 15) is 4.79 Å². The predicted molar refractivity (Wildman–Crippen MR) is 60.2 cm³/mol. The topological polar surface area (TPSA) is 56.8 Å². The summed E-state index contributed by atoms with van der Waals surface area (Å²) in [6, 6.07) is 5.08. The Bertz CT molecular complexity index is 365. The first-order valence-electron chi connectivity index (χ1n) is 4.87. The van der Waals surface area contributed by atoms with Crippen LogP contribution in [0.5, 0.6) is 11.5 Å². The van der Waals surface area contributed by atoms with E-state index in [-0.39, 0.29) is 0 Å². The van der Waals surface area contributed by atoms with E-state index in [4.69, 9.17) is 14.2 Å². The molecule has 0 aliphatic heterocycles. The fourth-order valence-electron chi connectivity index (χ4n) is 1.20. The molecule has 0 heterocycles. The number of hydrogen-bond donors (Lipinski definition) is 1. The molecular formula is C11H15NO4. The zero-order valence-corrected chi connectivity index (χ0v) is 9.57. The molecule has 0 bridgehead atoms. The van der Waals surface area contributed by atoms with E-state index in [1.807, 2.05) is 0 Å². The number of hydrogen-bond acceptors (Lipinski definition) is 4. The lowest BCUT2D eigenvalue weighted by atomic mass is 10.3. The van der Waals surface area contributed by atoms with Gasteiger partial charge in [0.2, 0.25) is 0 Å². The van der Waals surface area contributed by atoms with Crippen LogP contribution in [0.25, 0.3) is 0 Å². The lowest BCUT2D eigenvalue weighted by Gasteiger charge is -2.10. The average Bonchev–Trinajstić information content (AvgIpc) is 2.29. The molecule has 1 rings (SSSR count). The fraction of sp³-hybridized carbons (Fsp3) is 0.364. The number of methoxy groups -OCH3 is 2. The van der Waals surface area contributed by atoms with Gasteiger partial charge in [0, 0.05) is 11.8 Å². The van der Waals surface area contributed by atoms with Crippen molar-refractivity contribution in [1.82, 2.24) is 0 Å². The third-order valence-electron chi connectivity index (χ3n) is 1.91. The average molecular weight is 225 g/mol. The third-order valence-corrected chi connectivity index (χ3v) is 1.91. The quantitative estimate of drug-likeness (QED) is 0.854. The maximum atomic E-state index is 11.2. The standard InChI is InChI=1S/C11H15NO4/c1-4-16-11(13)12-8-5-6-9(14-2)10(7-8)15-3/h5-7H,4H2,1-3H3,(H,12,13). The van der Waals surface area contributed by atoms with Gasteiger partial charge < -0.3 is 14.2 Å². The van der Waals surface area contributed by atoms with Gasteiger partial charge in [0.1, 0.15) is 0 Å². The second-order valence-electron chi connectivity index (χ2n) is 2.92. The minimum Gasteiger partial charge on any atom is -0.493 e. The summed E-state index contributed by atoms with van der Waals surface area (Å²) in [5, 5.41) is 2.57. The second kappa shape index (κ2) is 5.85. The van der Waals surface area contributed by atoms with Crippen molar-refractivity contribution in [2.24, 2.45) is 0 Å². The van der Waals surface area contributed by atoms with Gasteiger partial charge in [-0.15, -0.1) is 0 Å². The van der Waals surface area contributed by atoms with Crippen LogP contribution >= 0.6 is 0 Å². The molecule has 0 spiro atoms. The minimum absolute atomic E-state index is 0.332. The molecule has 0 aromatic heterocycles. The van der Waals surface area contributed by atoms with Crippen molar-refractivity contribution < 1.29 is 19.0 Å². The first kappa shape index (κ1) is 12.2. The van der Waals surface area contributed by atoms with Gasteiger partial charge in [-0.2, -0.15) is 0 Å². The van der Waals surface area contributed by atoms with Crippen LogP contribution in [-0.2, 0) is 4.74 Å². The summed E-state index contributed by atoms with van der Waals surface area (Å²) >= 11 is 0. The number of anilines is 1. The molecule has 0 saturated carbocycles. The Kier molecular flexibility index (Phi) is 4.44. The van der Waals surface area contributed by atoms with E-state index in [1.54, 1.807) is 32.2 Å². The molecule has 1 aromatic carbocycles. The summed E-state index contributed by atoms with van der Waals surface area (Å²) in [6.45, 7) is 2.08. The Hall–Kier alpha value is -1.91. The van der Waals surface area contributed by atoms with Crippen molar-refractivity contribution in [2.75, 3.05) is 26.1 Å². The van der Waals surface area contributed by atoms with E-state index in [1.165, 1.54) is 7.11 Å². The van der Waals surface area contributed by atoms with Crippen molar-refractivity contribution in [1.29, 1.82) is 0 Å². The highest BCUT2D eigenvalue weighted by molar-refractivity contribution is 5.85. The Morgan fingerprint density at radius 2 is 1.94 bits per heavy atom. The first-order chi connectivity index (χ1) is 7.71. The molecule has 0 radical (unpaired) electrons. The third kappa shape index (κ3) is 3.05. The largest absolute Gasteiger partial charge is 0.493 e. The van der Waals surface area contributed by atoms with Gasteiger partial charge in [0.05, 0.1) is 20.8 Å².